The zero-order valence-electron chi connectivity index (χ0n) is 20.6. The molecule has 1 N–H and O–H groups in total. The van der Waals surface area contributed by atoms with Gasteiger partial charge in [0.05, 0.1) is 25.4 Å². The van der Waals surface area contributed by atoms with Gasteiger partial charge in [-0.15, -0.1) is 0 Å². The molecule has 0 aliphatic rings. The van der Waals surface area contributed by atoms with Crippen molar-refractivity contribution in [1.29, 1.82) is 0 Å². The lowest BCUT2D eigenvalue weighted by Gasteiger charge is -2.28. The highest BCUT2D eigenvalue weighted by molar-refractivity contribution is 5.93. The van der Waals surface area contributed by atoms with E-state index in [9.17, 15) is 9.59 Å². The summed E-state index contributed by atoms with van der Waals surface area (Å²) < 4.78 is 12.8. The van der Waals surface area contributed by atoms with Crippen molar-refractivity contribution in [1.82, 2.24) is 14.4 Å². The molecule has 0 fully saturated rings. The molecule has 35 heavy (non-hydrogen) atoms. The summed E-state index contributed by atoms with van der Waals surface area (Å²) in [4.78, 5) is 29.9. The van der Waals surface area contributed by atoms with Crippen LogP contribution in [0.15, 0.2) is 72.9 Å². The van der Waals surface area contributed by atoms with Crippen LogP contribution in [0.4, 0.5) is 10.5 Å². The first-order valence-corrected chi connectivity index (χ1v) is 11.7. The second-order valence-corrected chi connectivity index (χ2v) is 8.12. The van der Waals surface area contributed by atoms with Gasteiger partial charge in [-0.2, -0.15) is 0 Å². The molecule has 0 saturated carbocycles. The molecular formula is C27H34N4O4. The van der Waals surface area contributed by atoms with Crippen molar-refractivity contribution in [3.05, 3.63) is 84.2 Å². The van der Waals surface area contributed by atoms with Gasteiger partial charge in [0.15, 0.2) is 0 Å². The predicted molar refractivity (Wildman–Crippen MR) is 136 cm³/mol. The van der Waals surface area contributed by atoms with Gasteiger partial charge in [-0.05, 0) is 36.8 Å². The number of ether oxygens (including phenoxy) is 2. The number of para-hydroxylation sites is 2. The van der Waals surface area contributed by atoms with E-state index in [0.29, 0.717) is 37.7 Å². The highest BCUT2D eigenvalue weighted by atomic mass is 16.5. The van der Waals surface area contributed by atoms with Crippen LogP contribution in [0.2, 0.25) is 0 Å². The number of amides is 3. The molecule has 8 nitrogen and oxygen atoms in total. The number of methoxy groups -OCH3 is 1. The number of hydrogen-bond acceptors (Lipinski definition) is 4. The Bertz CT molecular complexity index is 1080. The molecule has 186 valence electrons. The average molecular weight is 479 g/mol. The van der Waals surface area contributed by atoms with Crippen LogP contribution in [-0.2, 0) is 29.7 Å². The summed E-state index contributed by atoms with van der Waals surface area (Å²) in [6.07, 6.45) is 1.95. The number of rotatable bonds is 12. The van der Waals surface area contributed by atoms with Crippen LogP contribution >= 0.6 is 0 Å². The molecule has 0 atom stereocenters. The highest BCUT2D eigenvalue weighted by Crippen LogP contribution is 2.24. The van der Waals surface area contributed by atoms with Gasteiger partial charge in [-0.1, -0.05) is 42.5 Å². The molecule has 2 aromatic carbocycles. The number of carbonyl (C=O) groups is 2. The maximum absolute atomic E-state index is 13.5. The molecule has 3 aromatic rings. The minimum Gasteiger partial charge on any atom is -0.492 e. The molecular weight excluding hydrogens is 444 g/mol. The topological polar surface area (TPSA) is 76.0 Å². The maximum atomic E-state index is 13.5. The lowest BCUT2D eigenvalue weighted by atomic mass is 10.2. The SMILES string of the molecule is CCOc1ccccc1NC(=O)N(CCOC)CC(=O)N(Cc1ccccc1)Cc1cccn1C. The Hall–Kier alpha value is -3.78. The fraction of sp³-hybridized carbons (Fsp3) is 0.333. The van der Waals surface area contributed by atoms with E-state index in [2.05, 4.69) is 5.32 Å². The van der Waals surface area contributed by atoms with E-state index >= 15 is 0 Å². The number of nitrogens with one attached hydrogen (secondary N) is 1. The summed E-state index contributed by atoms with van der Waals surface area (Å²) in [5.41, 5.74) is 2.58. The van der Waals surface area contributed by atoms with Crippen LogP contribution in [0.3, 0.4) is 0 Å². The van der Waals surface area contributed by atoms with Gasteiger partial charge < -0.3 is 29.2 Å². The third-order valence-corrected chi connectivity index (χ3v) is 5.58. The van der Waals surface area contributed by atoms with Crippen molar-refractivity contribution in [3.8, 4) is 5.75 Å². The molecule has 3 rings (SSSR count). The Kier molecular flexibility index (Phi) is 9.74. The van der Waals surface area contributed by atoms with Crippen LogP contribution in [0, 0.1) is 0 Å². The molecule has 0 aliphatic heterocycles. The minimum absolute atomic E-state index is 0.0801. The average Bonchev–Trinajstić information content (AvgIpc) is 3.27. The molecule has 1 aromatic heterocycles. The summed E-state index contributed by atoms with van der Waals surface area (Å²) in [7, 11) is 3.52. The number of aromatic nitrogens is 1. The Morgan fingerprint density at radius 1 is 0.943 bits per heavy atom. The van der Waals surface area contributed by atoms with Gasteiger partial charge in [0.2, 0.25) is 5.91 Å². The summed E-state index contributed by atoms with van der Waals surface area (Å²) in [5.74, 6) is 0.426. The van der Waals surface area contributed by atoms with E-state index in [1.54, 1.807) is 24.1 Å². The van der Waals surface area contributed by atoms with E-state index in [1.165, 1.54) is 4.90 Å². The number of anilines is 1. The number of carbonyl (C=O) groups excluding carboxylic acids is 2. The summed E-state index contributed by atoms with van der Waals surface area (Å²) in [6.45, 7) is 3.74. The molecule has 0 saturated heterocycles. The quantitative estimate of drug-likeness (QED) is 0.425. The molecule has 3 amide bonds. The third-order valence-electron chi connectivity index (χ3n) is 5.58. The van der Waals surface area contributed by atoms with Gasteiger partial charge in [0.25, 0.3) is 0 Å². The monoisotopic (exact) mass is 478 g/mol. The number of nitrogens with zero attached hydrogens (tertiary/aromatic N) is 3. The zero-order valence-corrected chi connectivity index (χ0v) is 20.6. The van der Waals surface area contributed by atoms with Crippen molar-refractivity contribution in [2.45, 2.75) is 20.0 Å². The first-order chi connectivity index (χ1) is 17.0. The maximum Gasteiger partial charge on any atom is 0.322 e. The normalized spacial score (nSPS) is 10.6. The first-order valence-electron chi connectivity index (χ1n) is 11.7. The fourth-order valence-electron chi connectivity index (χ4n) is 3.66. The molecule has 8 heteroatoms. The summed E-state index contributed by atoms with van der Waals surface area (Å²) in [5, 5.41) is 2.88. The van der Waals surface area contributed by atoms with E-state index in [0.717, 1.165) is 11.3 Å². The van der Waals surface area contributed by atoms with Gasteiger partial charge in [0.1, 0.15) is 12.3 Å². The number of hydrogen-bond donors (Lipinski definition) is 1. The van der Waals surface area contributed by atoms with Gasteiger partial charge >= 0.3 is 6.03 Å². The largest absolute Gasteiger partial charge is 0.492 e. The van der Waals surface area contributed by atoms with Crippen LogP contribution in [-0.4, -0.2) is 59.7 Å². The lowest BCUT2D eigenvalue weighted by molar-refractivity contribution is -0.133. The van der Waals surface area contributed by atoms with Crippen molar-refractivity contribution in [2.24, 2.45) is 7.05 Å². The van der Waals surface area contributed by atoms with Crippen molar-refractivity contribution >= 4 is 17.6 Å². The standard InChI is InChI=1S/C27H34N4O4/c1-4-35-25-15-9-8-14-24(25)28-27(33)30(17-18-34-3)21-26(32)31(19-22-11-6-5-7-12-22)20-23-13-10-16-29(23)2/h5-16H,4,17-21H2,1-3H3,(H,28,33). The molecule has 0 aliphatic carbocycles. The Balaban J connectivity index is 1.77. The molecule has 0 bridgehead atoms. The van der Waals surface area contributed by atoms with E-state index < -0.39 is 0 Å². The van der Waals surface area contributed by atoms with E-state index in [4.69, 9.17) is 9.47 Å². The lowest BCUT2D eigenvalue weighted by Crippen LogP contribution is -2.45. The predicted octanol–water partition coefficient (Wildman–Crippen LogP) is 4.13. The van der Waals surface area contributed by atoms with Gasteiger partial charge in [-0.25, -0.2) is 4.79 Å². The second-order valence-electron chi connectivity index (χ2n) is 8.12. The van der Waals surface area contributed by atoms with Crippen molar-refractivity contribution < 1.29 is 19.1 Å². The number of benzene rings is 2. The molecule has 1 heterocycles. The molecule has 0 unspecified atom stereocenters. The van der Waals surface area contributed by atoms with E-state index in [1.807, 2.05) is 79.3 Å². The van der Waals surface area contributed by atoms with Crippen LogP contribution in [0.5, 0.6) is 5.75 Å². The first kappa shape index (κ1) is 25.8. The molecule has 0 spiro atoms. The zero-order chi connectivity index (χ0) is 25.0. The number of aryl methyl sites for hydroxylation is 1. The van der Waals surface area contributed by atoms with E-state index in [-0.39, 0.29) is 25.0 Å². The summed E-state index contributed by atoms with van der Waals surface area (Å²) in [6, 6.07) is 20.6. The Morgan fingerprint density at radius 3 is 2.37 bits per heavy atom. The van der Waals surface area contributed by atoms with Crippen molar-refractivity contribution in [2.75, 3.05) is 38.7 Å². The second kappa shape index (κ2) is 13.2. The third kappa shape index (κ3) is 7.61. The van der Waals surface area contributed by atoms with Crippen LogP contribution in [0.25, 0.3) is 0 Å². The number of urea groups is 1. The van der Waals surface area contributed by atoms with Gasteiger partial charge in [0, 0.05) is 39.1 Å². The minimum atomic E-state index is -0.388. The fourth-order valence-corrected chi connectivity index (χ4v) is 3.66. The smallest absolute Gasteiger partial charge is 0.322 e. The van der Waals surface area contributed by atoms with Gasteiger partial charge in [-0.3, -0.25) is 4.79 Å². The molecule has 0 radical (unpaired) electrons. The summed E-state index contributed by atoms with van der Waals surface area (Å²) >= 11 is 0. The Labute approximate surface area is 207 Å². The van der Waals surface area contributed by atoms with Crippen molar-refractivity contribution in [3.63, 3.8) is 0 Å². The highest BCUT2D eigenvalue weighted by Gasteiger charge is 2.23. The van der Waals surface area contributed by atoms with Crippen LogP contribution in [0.1, 0.15) is 18.2 Å². The Morgan fingerprint density at radius 2 is 1.69 bits per heavy atom. The van der Waals surface area contributed by atoms with Crippen LogP contribution < -0.4 is 10.1 Å².